The minimum Gasteiger partial charge on any atom is -0.480 e. The van der Waals surface area contributed by atoms with Crippen LogP contribution in [-0.2, 0) is 4.79 Å². The van der Waals surface area contributed by atoms with Gasteiger partial charge in [0.05, 0.1) is 0 Å². The average Bonchev–Trinajstić information content (AvgIpc) is 3.74. The molecule has 6 saturated carbocycles. The number of hydrogen-bond acceptors (Lipinski definition) is 2. The first-order valence-corrected chi connectivity index (χ1v) is 26.8. The molecule has 0 aliphatic heterocycles. The molecule has 60 heavy (non-hydrogen) atoms. The molecular formula is C57H95NO2. The summed E-state index contributed by atoms with van der Waals surface area (Å²) in [4.78, 5) is 15.6. The standard InChI is InChI=1S/C57H95NO2/c1-36(2)14-12-16-38(5)47-22-24-49-45-20-18-41-34-43(26-30-54(41,8)51(45)28-32-56(47,49)10)58(40(7)53(59)60)44-27-31-55(9)42(35-44)19-21-46-50-25-23-48(39(6)17-13-15-37(3)4)57(50,11)33-29-52(46)55/h18-19,36-40,43-52H,12-17,20-35H2,1-11H3,(H,59,60)/t38-,39-,40+,43?,44?,45?,46?,47-,48-,49?,50?,51?,52?,54+,55+,56-,57-/m1/s1. The Balaban J connectivity index is 0.950. The van der Waals surface area contributed by atoms with Gasteiger partial charge in [-0.05, 0) is 202 Å². The predicted octanol–water partition coefficient (Wildman–Crippen LogP) is 15.6. The quantitative estimate of drug-likeness (QED) is 0.177. The van der Waals surface area contributed by atoms with Crippen LogP contribution in [0, 0.1) is 92.7 Å². The highest BCUT2D eigenvalue weighted by Crippen LogP contribution is 2.69. The highest BCUT2D eigenvalue weighted by Gasteiger charge is 2.62. The van der Waals surface area contributed by atoms with Gasteiger partial charge in [-0.25, -0.2) is 0 Å². The lowest BCUT2D eigenvalue weighted by Gasteiger charge is -2.60. The van der Waals surface area contributed by atoms with E-state index >= 15 is 0 Å². The van der Waals surface area contributed by atoms with Crippen molar-refractivity contribution in [1.29, 1.82) is 0 Å². The zero-order chi connectivity index (χ0) is 42.9. The van der Waals surface area contributed by atoms with E-state index in [1.165, 1.54) is 128 Å². The molecule has 0 amide bonds. The van der Waals surface area contributed by atoms with Crippen molar-refractivity contribution in [2.75, 3.05) is 0 Å². The van der Waals surface area contributed by atoms with Gasteiger partial charge in [0.1, 0.15) is 6.04 Å². The Morgan fingerprint density at radius 3 is 1.38 bits per heavy atom. The summed E-state index contributed by atoms with van der Waals surface area (Å²) in [6, 6.07) is 0.273. The van der Waals surface area contributed by atoms with Crippen LogP contribution in [0.3, 0.4) is 0 Å². The van der Waals surface area contributed by atoms with E-state index in [0.29, 0.717) is 33.7 Å². The fourth-order valence-electron chi connectivity index (χ4n) is 18.9. The first kappa shape index (κ1) is 45.5. The summed E-state index contributed by atoms with van der Waals surface area (Å²) in [5, 5.41) is 10.7. The summed E-state index contributed by atoms with van der Waals surface area (Å²) in [7, 11) is 0. The van der Waals surface area contributed by atoms with E-state index in [9.17, 15) is 9.90 Å². The van der Waals surface area contributed by atoms with Gasteiger partial charge in [0.15, 0.2) is 0 Å². The van der Waals surface area contributed by atoms with E-state index in [-0.39, 0.29) is 0 Å². The topological polar surface area (TPSA) is 40.5 Å². The highest BCUT2D eigenvalue weighted by atomic mass is 16.4. The second-order valence-corrected chi connectivity index (χ2v) is 25.8. The number of rotatable bonds is 14. The van der Waals surface area contributed by atoms with E-state index in [2.05, 4.69) is 86.3 Å². The van der Waals surface area contributed by atoms with Crippen LogP contribution in [0.25, 0.3) is 0 Å². The van der Waals surface area contributed by atoms with Crippen molar-refractivity contribution in [3.05, 3.63) is 23.3 Å². The molecule has 0 spiro atoms. The second-order valence-electron chi connectivity index (χ2n) is 25.8. The maximum atomic E-state index is 13.0. The summed E-state index contributed by atoms with van der Waals surface area (Å²) in [5.74, 6) is 9.67. The first-order chi connectivity index (χ1) is 28.4. The molecule has 6 fully saturated rings. The van der Waals surface area contributed by atoms with Crippen molar-refractivity contribution < 1.29 is 9.90 Å². The molecule has 3 heteroatoms. The summed E-state index contributed by atoms with van der Waals surface area (Å²) in [6.07, 6.45) is 35.0. The summed E-state index contributed by atoms with van der Waals surface area (Å²) < 4.78 is 0. The van der Waals surface area contributed by atoms with E-state index < -0.39 is 12.0 Å². The van der Waals surface area contributed by atoms with Gasteiger partial charge in [-0.15, -0.1) is 0 Å². The lowest BCUT2D eigenvalue weighted by atomic mass is 9.46. The largest absolute Gasteiger partial charge is 0.480 e. The van der Waals surface area contributed by atoms with E-state index in [4.69, 9.17) is 0 Å². The third-order valence-electron chi connectivity index (χ3n) is 22.2. The summed E-state index contributed by atoms with van der Waals surface area (Å²) >= 11 is 0. The third-order valence-corrected chi connectivity index (χ3v) is 22.2. The van der Waals surface area contributed by atoms with Crippen LogP contribution in [-0.4, -0.2) is 34.1 Å². The average molecular weight is 826 g/mol. The van der Waals surface area contributed by atoms with Crippen molar-refractivity contribution in [2.45, 2.75) is 236 Å². The Labute approximate surface area is 370 Å². The van der Waals surface area contributed by atoms with Crippen molar-refractivity contribution in [1.82, 2.24) is 4.90 Å². The molecule has 8 aliphatic carbocycles. The number of fused-ring (bicyclic) bond motifs is 10. The van der Waals surface area contributed by atoms with Gasteiger partial charge in [0.2, 0.25) is 0 Å². The van der Waals surface area contributed by atoms with Crippen molar-refractivity contribution in [3.63, 3.8) is 0 Å². The first-order valence-electron chi connectivity index (χ1n) is 26.8. The molecular weight excluding hydrogens is 731 g/mol. The normalized spacial score (nSPS) is 45.1. The lowest BCUT2D eigenvalue weighted by Crippen LogP contribution is -2.58. The number of carboxylic acid groups (broad SMARTS) is 1. The van der Waals surface area contributed by atoms with Crippen LogP contribution in [0.15, 0.2) is 23.3 Å². The van der Waals surface area contributed by atoms with Gasteiger partial charge < -0.3 is 5.11 Å². The molecule has 1 N–H and O–H groups in total. The molecule has 0 bridgehead atoms. The molecule has 0 aromatic rings. The van der Waals surface area contributed by atoms with Gasteiger partial charge in [-0.2, -0.15) is 0 Å². The summed E-state index contributed by atoms with van der Waals surface area (Å²) in [6.45, 7) is 27.6. The molecule has 0 radical (unpaired) electrons. The van der Waals surface area contributed by atoms with Crippen molar-refractivity contribution in [3.8, 4) is 0 Å². The Kier molecular flexibility index (Phi) is 13.2. The molecule has 8 rings (SSSR count). The Morgan fingerprint density at radius 1 is 0.583 bits per heavy atom. The Hall–Kier alpha value is -1.09. The smallest absolute Gasteiger partial charge is 0.320 e. The SMILES string of the molecule is CC(C)CCC[C@@H](C)[C@H]1CCC2C3CC=C4CC(N(C5CC[C@@]6(C)C(=CCC7C6CC[C@@]6(C)C7CC[C@@H]6[C@H](C)CCCC(C)C)C5)[C@@H](C)C(=O)O)CC[C@]4(C)C3CC[C@@]21C. The highest BCUT2D eigenvalue weighted by molar-refractivity contribution is 5.73. The zero-order valence-electron chi connectivity index (χ0n) is 41.2. The lowest BCUT2D eigenvalue weighted by molar-refractivity contribution is -0.146. The number of carbonyl (C=O) groups is 1. The number of carboxylic acids is 1. The monoisotopic (exact) mass is 826 g/mol. The number of hydrogen-bond donors (Lipinski definition) is 1. The van der Waals surface area contributed by atoms with Gasteiger partial charge in [-0.3, -0.25) is 9.69 Å². The molecule has 0 aromatic heterocycles. The molecule has 8 unspecified atom stereocenters. The maximum Gasteiger partial charge on any atom is 0.320 e. The van der Waals surface area contributed by atoms with E-state index in [1.807, 2.05) is 6.92 Å². The fraction of sp³-hybridized carbons (Fsp3) is 0.912. The maximum absolute atomic E-state index is 13.0. The molecule has 0 aromatic carbocycles. The van der Waals surface area contributed by atoms with Crippen LogP contribution in [0.1, 0.15) is 217 Å². The zero-order valence-corrected chi connectivity index (χ0v) is 41.2. The van der Waals surface area contributed by atoms with Crippen LogP contribution in [0.5, 0.6) is 0 Å². The molecule has 0 heterocycles. The predicted molar refractivity (Wildman–Crippen MR) is 253 cm³/mol. The summed E-state index contributed by atoms with van der Waals surface area (Å²) in [5.41, 5.74) is 5.08. The number of nitrogens with zero attached hydrogens (tertiary/aromatic N) is 1. The van der Waals surface area contributed by atoms with Gasteiger partial charge in [0, 0.05) is 12.1 Å². The van der Waals surface area contributed by atoms with Crippen LogP contribution < -0.4 is 0 Å². The van der Waals surface area contributed by atoms with Gasteiger partial charge >= 0.3 is 5.97 Å². The molecule has 340 valence electrons. The van der Waals surface area contributed by atoms with Crippen LogP contribution >= 0.6 is 0 Å². The minimum atomic E-state index is -0.617. The van der Waals surface area contributed by atoms with Crippen molar-refractivity contribution >= 4 is 5.97 Å². The molecule has 3 nitrogen and oxygen atoms in total. The van der Waals surface area contributed by atoms with Crippen LogP contribution in [0.4, 0.5) is 0 Å². The van der Waals surface area contributed by atoms with E-state index in [1.54, 1.807) is 11.1 Å². The van der Waals surface area contributed by atoms with Crippen LogP contribution in [0.2, 0.25) is 0 Å². The van der Waals surface area contributed by atoms with Crippen molar-refractivity contribution in [2.24, 2.45) is 92.7 Å². The molecule has 8 aliphatic rings. The Bertz CT molecular complexity index is 1480. The Morgan fingerprint density at radius 2 is 1.00 bits per heavy atom. The fourth-order valence-corrected chi connectivity index (χ4v) is 18.9. The number of aliphatic carboxylic acids is 1. The third kappa shape index (κ3) is 7.81. The second kappa shape index (κ2) is 17.4. The minimum absolute atomic E-state index is 0.298. The number of allylic oxidation sites excluding steroid dienone is 2. The molecule has 17 atom stereocenters. The van der Waals surface area contributed by atoms with E-state index in [0.717, 1.165) is 83.9 Å². The van der Waals surface area contributed by atoms with Gasteiger partial charge in [-0.1, -0.05) is 131 Å². The van der Waals surface area contributed by atoms with Gasteiger partial charge in [0.25, 0.3) is 0 Å². The molecule has 0 saturated heterocycles.